The van der Waals surface area contributed by atoms with Crippen LogP contribution >= 0.6 is 0 Å². The van der Waals surface area contributed by atoms with Crippen molar-refractivity contribution in [3.63, 3.8) is 0 Å². The fourth-order valence-corrected chi connectivity index (χ4v) is 6.18. The molecule has 0 radical (unpaired) electrons. The second-order valence-electron chi connectivity index (χ2n) is 11.1. The number of amides is 1. The lowest BCUT2D eigenvalue weighted by atomic mass is 10.0. The smallest absolute Gasteiger partial charge is 0.326 e. The summed E-state index contributed by atoms with van der Waals surface area (Å²) in [6, 6.07) is 24.4. The molecule has 7 heteroatoms. The lowest BCUT2D eigenvalue weighted by molar-refractivity contribution is 0.0724. The van der Waals surface area contributed by atoms with Gasteiger partial charge in [-0.15, -0.1) is 0 Å². The lowest BCUT2D eigenvalue weighted by Gasteiger charge is -2.32. The molecule has 0 bridgehead atoms. The Balaban J connectivity index is 1.01. The first-order chi connectivity index (χ1) is 19.7. The van der Waals surface area contributed by atoms with Crippen LogP contribution in [0.15, 0.2) is 77.6 Å². The van der Waals surface area contributed by atoms with Crippen LogP contribution < -0.4 is 10.4 Å². The predicted octanol–water partition coefficient (Wildman–Crippen LogP) is 5.26. The highest BCUT2D eigenvalue weighted by Crippen LogP contribution is 2.26. The minimum absolute atomic E-state index is 0.0113. The maximum Gasteiger partial charge on any atom is 0.326 e. The van der Waals surface area contributed by atoms with Gasteiger partial charge in [-0.2, -0.15) is 0 Å². The molecule has 7 nitrogen and oxygen atoms in total. The van der Waals surface area contributed by atoms with E-state index in [0.29, 0.717) is 6.61 Å². The fourth-order valence-electron chi connectivity index (χ4n) is 6.18. The molecule has 40 heavy (non-hydrogen) atoms. The zero-order valence-corrected chi connectivity index (χ0v) is 23.1. The van der Waals surface area contributed by atoms with Crippen molar-refractivity contribution in [2.75, 3.05) is 39.3 Å². The molecule has 2 fully saturated rings. The van der Waals surface area contributed by atoms with Crippen molar-refractivity contribution in [3.8, 4) is 5.75 Å². The molecule has 0 unspecified atom stereocenters. The molecule has 6 rings (SSSR count). The van der Waals surface area contributed by atoms with E-state index in [1.165, 1.54) is 12.0 Å². The quantitative estimate of drug-likeness (QED) is 0.332. The second kappa shape index (κ2) is 12.1. The molecule has 1 aromatic heterocycles. The number of nitrogens with one attached hydrogen (secondary N) is 1. The van der Waals surface area contributed by atoms with Crippen molar-refractivity contribution in [1.29, 1.82) is 0 Å². The standard InChI is InChI=1S/C33H38N4O3/c38-32(36-18-6-1-7-19-36)26-14-12-25(13-15-26)24-27-8-2-5-11-31(27)40-23-22-35-20-16-28(17-21-35)37-30-10-4-3-9-29(30)34-33(37)39/h2-5,8-15,28H,1,6-7,16-24H2,(H,34,39). The van der Waals surface area contributed by atoms with Gasteiger partial charge in [0, 0.05) is 50.7 Å². The highest BCUT2D eigenvalue weighted by molar-refractivity contribution is 5.94. The highest BCUT2D eigenvalue weighted by Gasteiger charge is 2.23. The zero-order chi connectivity index (χ0) is 27.3. The van der Waals surface area contributed by atoms with Gasteiger partial charge in [-0.1, -0.05) is 42.5 Å². The molecule has 0 atom stereocenters. The maximum atomic E-state index is 12.8. The number of para-hydroxylation sites is 3. The third-order valence-corrected chi connectivity index (χ3v) is 8.42. The number of aromatic nitrogens is 2. The van der Waals surface area contributed by atoms with Crippen LogP contribution in [0.5, 0.6) is 5.75 Å². The fraction of sp³-hybridized carbons (Fsp3) is 0.394. The largest absolute Gasteiger partial charge is 0.492 e. The number of hydrogen-bond acceptors (Lipinski definition) is 4. The van der Waals surface area contributed by atoms with Crippen LogP contribution in [-0.2, 0) is 6.42 Å². The van der Waals surface area contributed by atoms with Crippen LogP contribution in [0.2, 0.25) is 0 Å². The van der Waals surface area contributed by atoms with Crippen LogP contribution in [0.4, 0.5) is 0 Å². The average Bonchev–Trinajstić information content (AvgIpc) is 3.34. The number of piperidine rings is 2. The topological polar surface area (TPSA) is 70.6 Å². The third-order valence-electron chi connectivity index (χ3n) is 8.42. The molecule has 3 aromatic carbocycles. The van der Waals surface area contributed by atoms with Crippen LogP contribution in [0, 0.1) is 0 Å². The number of rotatable bonds is 8. The number of carbonyl (C=O) groups is 1. The van der Waals surface area contributed by atoms with Crippen molar-refractivity contribution in [2.24, 2.45) is 0 Å². The van der Waals surface area contributed by atoms with Crippen molar-refractivity contribution >= 4 is 16.9 Å². The van der Waals surface area contributed by atoms with E-state index in [0.717, 1.165) is 92.7 Å². The minimum atomic E-state index is -0.0113. The Morgan fingerprint density at radius 1 is 0.850 bits per heavy atom. The van der Waals surface area contributed by atoms with E-state index < -0.39 is 0 Å². The molecule has 1 N–H and O–H groups in total. The second-order valence-corrected chi connectivity index (χ2v) is 11.1. The van der Waals surface area contributed by atoms with Gasteiger partial charge < -0.3 is 14.6 Å². The van der Waals surface area contributed by atoms with Gasteiger partial charge in [-0.25, -0.2) is 4.79 Å². The number of hydrogen-bond donors (Lipinski definition) is 1. The molecule has 0 saturated carbocycles. The Hall–Kier alpha value is -3.84. The normalized spacial score (nSPS) is 16.9. The van der Waals surface area contributed by atoms with Crippen molar-refractivity contribution in [3.05, 3.63) is 100.0 Å². The Kier molecular flexibility index (Phi) is 8.00. The van der Waals surface area contributed by atoms with Crippen LogP contribution in [-0.4, -0.2) is 64.6 Å². The summed E-state index contributed by atoms with van der Waals surface area (Å²) in [6.07, 6.45) is 6.09. The summed E-state index contributed by atoms with van der Waals surface area (Å²) in [7, 11) is 0. The maximum absolute atomic E-state index is 12.8. The number of imidazole rings is 1. The summed E-state index contributed by atoms with van der Waals surface area (Å²) < 4.78 is 8.21. The summed E-state index contributed by atoms with van der Waals surface area (Å²) >= 11 is 0. The average molecular weight is 539 g/mol. The number of fused-ring (bicyclic) bond motifs is 1. The molecule has 2 aliphatic rings. The Bertz CT molecular complexity index is 1490. The molecule has 3 heterocycles. The van der Waals surface area contributed by atoms with Gasteiger partial charge in [0.25, 0.3) is 5.91 Å². The first-order valence-electron chi connectivity index (χ1n) is 14.7. The van der Waals surface area contributed by atoms with Gasteiger partial charge in [-0.3, -0.25) is 14.3 Å². The predicted molar refractivity (Wildman–Crippen MR) is 158 cm³/mol. The van der Waals surface area contributed by atoms with Gasteiger partial charge in [0.2, 0.25) is 0 Å². The third kappa shape index (κ3) is 5.85. The number of H-pyrrole nitrogens is 1. The van der Waals surface area contributed by atoms with Crippen LogP contribution in [0.1, 0.15) is 59.6 Å². The molecule has 1 amide bonds. The molecule has 0 aliphatic carbocycles. The first kappa shape index (κ1) is 26.4. The van der Waals surface area contributed by atoms with E-state index in [1.54, 1.807) is 0 Å². The van der Waals surface area contributed by atoms with Crippen molar-refractivity contribution in [1.82, 2.24) is 19.4 Å². The lowest BCUT2D eigenvalue weighted by Crippen LogP contribution is -2.38. The molecule has 0 spiro atoms. The molecule has 4 aromatic rings. The molecular formula is C33H38N4O3. The molecule has 208 valence electrons. The Labute approximate surface area is 235 Å². The van der Waals surface area contributed by atoms with Crippen molar-refractivity contribution in [2.45, 2.75) is 44.6 Å². The van der Waals surface area contributed by atoms with Crippen molar-refractivity contribution < 1.29 is 9.53 Å². The van der Waals surface area contributed by atoms with E-state index in [4.69, 9.17) is 4.74 Å². The number of nitrogens with zero attached hydrogens (tertiary/aromatic N) is 3. The van der Waals surface area contributed by atoms with E-state index in [-0.39, 0.29) is 17.6 Å². The van der Waals surface area contributed by atoms with Gasteiger partial charge in [0.1, 0.15) is 12.4 Å². The molecule has 2 saturated heterocycles. The Morgan fingerprint density at radius 2 is 1.57 bits per heavy atom. The summed E-state index contributed by atoms with van der Waals surface area (Å²) in [4.78, 5) is 32.8. The first-order valence-corrected chi connectivity index (χ1v) is 14.7. The number of benzene rings is 3. The van der Waals surface area contributed by atoms with E-state index >= 15 is 0 Å². The summed E-state index contributed by atoms with van der Waals surface area (Å²) in [5.41, 5.74) is 4.98. The zero-order valence-electron chi connectivity index (χ0n) is 23.1. The van der Waals surface area contributed by atoms with Crippen LogP contribution in [0.3, 0.4) is 0 Å². The highest BCUT2D eigenvalue weighted by atomic mass is 16.5. The number of ether oxygens (including phenoxy) is 1. The minimum Gasteiger partial charge on any atom is -0.492 e. The number of aromatic amines is 1. The monoisotopic (exact) mass is 538 g/mol. The van der Waals surface area contributed by atoms with Gasteiger partial charge in [0.05, 0.1) is 11.0 Å². The Morgan fingerprint density at radius 3 is 2.38 bits per heavy atom. The van der Waals surface area contributed by atoms with Crippen LogP contribution in [0.25, 0.3) is 11.0 Å². The number of likely N-dealkylation sites (tertiary alicyclic amines) is 2. The number of carbonyl (C=O) groups excluding carboxylic acids is 1. The summed E-state index contributed by atoms with van der Waals surface area (Å²) in [5, 5.41) is 0. The van der Waals surface area contributed by atoms with E-state index in [2.05, 4.69) is 28.1 Å². The summed E-state index contributed by atoms with van der Waals surface area (Å²) in [6.45, 7) is 5.12. The van der Waals surface area contributed by atoms with E-state index in [9.17, 15) is 9.59 Å². The van der Waals surface area contributed by atoms with Gasteiger partial charge in [-0.05, 0) is 73.6 Å². The molecule has 2 aliphatic heterocycles. The summed E-state index contributed by atoms with van der Waals surface area (Å²) in [5.74, 6) is 1.06. The molecular weight excluding hydrogens is 500 g/mol. The van der Waals surface area contributed by atoms with Gasteiger partial charge >= 0.3 is 5.69 Å². The van der Waals surface area contributed by atoms with Gasteiger partial charge in [0.15, 0.2) is 0 Å². The SMILES string of the molecule is O=C(c1ccc(Cc2ccccc2OCCN2CCC(n3c(=O)[nH]c4ccccc43)CC2)cc1)N1CCCCC1. The van der Waals surface area contributed by atoms with E-state index in [1.807, 2.05) is 64.1 Å².